The van der Waals surface area contributed by atoms with Crippen LogP contribution in [0.3, 0.4) is 0 Å². The lowest BCUT2D eigenvalue weighted by Crippen LogP contribution is -2.36. The van der Waals surface area contributed by atoms with Gasteiger partial charge >= 0.3 is 0 Å². The van der Waals surface area contributed by atoms with E-state index >= 15 is 0 Å². The lowest BCUT2D eigenvalue weighted by atomic mass is 9.86. The summed E-state index contributed by atoms with van der Waals surface area (Å²) < 4.78 is 0. The first kappa shape index (κ1) is 14.5. The van der Waals surface area contributed by atoms with E-state index < -0.39 is 0 Å². The Morgan fingerprint density at radius 3 is 2.16 bits per heavy atom. The molecule has 1 heterocycles. The van der Waals surface area contributed by atoms with E-state index in [9.17, 15) is 0 Å². The van der Waals surface area contributed by atoms with Crippen LogP contribution in [0, 0.1) is 0 Å². The highest BCUT2D eigenvalue weighted by Gasteiger charge is 2.17. The molecule has 0 saturated carbocycles. The molecule has 1 fully saturated rings. The third kappa shape index (κ3) is 4.05. The maximum atomic E-state index is 6.34. The zero-order valence-electron chi connectivity index (χ0n) is 12.7. The van der Waals surface area contributed by atoms with Crippen molar-refractivity contribution in [1.29, 1.82) is 0 Å². The average molecular weight is 260 g/mol. The summed E-state index contributed by atoms with van der Waals surface area (Å²) in [6, 6.07) is 9.01. The van der Waals surface area contributed by atoms with E-state index in [0.29, 0.717) is 0 Å². The zero-order valence-corrected chi connectivity index (χ0v) is 12.7. The Kier molecular flexibility index (Phi) is 4.64. The van der Waals surface area contributed by atoms with Crippen molar-refractivity contribution >= 4 is 0 Å². The molecule has 2 heteroatoms. The fraction of sp³-hybridized carbons (Fsp3) is 0.647. The van der Waals surface area contributed by atoms with E-state index in [4.69, 9.17) is 5.73 Å². The van der Waals surface area contributed by atoms with Crippen molar-refractivity contribution in [2.75, 3.05) is 19.6 Å². The van der Waals surface area contributed by atoms with Crippen LogP contribution in [0.25, 0.3) is 0 Å². The van der Waals surface area contributed by atoms with Crippen LogP contribution in [0.4, 0.5) is 0 Å². The fourth-order valence-electron chi connectivity index (χ4n) is 2.76. The molecule has 1 aromatic rings. The van der Waals surface area contributed by atoms with Crippen LogP contribution in [-0.2, 0) is 5.41 Å². The van der Waals surface area contributed by atoms with Gasteiger partial charge in [-0.15, -0.1) is 0 Å². The SMILES string of the molecule is CC(C)(C)c1ccc(C(N)CN2CCCCC2)cc1. The first-order chi connectivity index (χ1) is 8.97. The molecular weight excluding hydrogens is 232 g/mol. The summed E-state index contributed by atoms with van der Waals surface area (Å²) in [6.07, 6.45) is 4.04. The van der Waals surface area contributed by atoms with E-state index in [-0.39, 0.29) is 11.5 Å². The molecule has 1 aromatic carbocycles. The first-order valence-electron chi connectivity index (χ1n) is 7.55. The molecule has 0 radical (unpaired) electrons. The van der Waals surface area contributed by atoms with Gasteiger partial charge in [0, 0.05) is 12.6 Å². The zero-order chi connectivity index (χ0) is 13.9. The number of likely N-dealkylation sites (tertiary alicyclic amines) is 1. The van der Waals surface area contributed by atoms with Crippen LogP contribution in [0.15, 0.2) is 24.3 Å². The van der Waals surface area contributed by atoms with E-state index in [1.165, 1.54) is 43.5 Å². The van der Waals surface area contributed by atoms with Crippen LogP contribution < -0.4 is 5.73 Å². The summed E-state index contributed by atoms with van der Waals surface area (Å²) in [4.78, 5) is 2.51. The van der Waals surface area contributed by atoms with Gasteiger partial charge < -0.3 is 10.6 Å². The molecule has 1 unspecified atom stereocenters. The van der Waals surface area contributed by atoms with Crippen molar-refractivity contribution in [3.63, 3.8) is 0 Å². The standard InChI is InChI=1S/C17H28N2/c1-17(2,3)15-9-7-14(8-10-15)16(18)13-19-11-5-4-6-12-19/h7-10,16H,4-6,11-13,18H2,1-3H3. The molecule has 2 N–H and O–H groups in total. The largest absolute Gasteiger partial charge is 0.323 e. The summed E-state index contributed by atoms with van der Waals surface area (Å²) in [6.45, 7) is 10.2. The van der Waals surface area contributed by atoms with Crippen LogP contribution in [0.2, 0.25) is 0 Å². The summed E-state index contributed by atoms with van der Waals surface area (Å²) in [5.74, 6) is 0. The van der Waals surface area contributed by atoms with Crippen molar-refractivity contribution in [2.45, 2.75) is 51.5 Å². The third-order valence-electron chi connectivity index (χ3n) is 4.11. The molecule has 0 spiro atoms. The number of piperidine rings is 1. The molecule has 1 aliphatic rings. The quantitative estimate of drug-likeness (QED) is 0.901. The number of rotatable bonds is 3. The van der Waals surface area contributed by atoms with Crippen LogP contribution in [0.5, 0.6) is 0 Å². The average Bonchev–Trinajstić information content (AvgIpc) is 2.39. The van der Waals surface area contributed by atoms with Gasteiger partial charge in [-0.05, 0) is 42.5 Å². The Morgan fingerprint density at radius 2 is 1.63 bits per heavy atom. The molecule has 0 aliphatic carbocycles. The van der Waals surface area contributed by atoms with Gasteiger partial charge in [-0.25, -0.2) is 0 Å². The minimum Gasteiger partial charge on any atom is -0.323 e. The van der Waals surface area contributed by atoms with Gasteiger partial charge in [0.1, 0.15) is 0 Å². The van der Waals surface area contributed by atoms with Gasteiger partial charge in [0.15, 0.2) is 0 Å². The van der Waals surface area contributed by atoms with Gasteiger partial charge in [0.05, 0.1) is 0 Å². The number of hydrogen-bond acceptors (Lipinski definition) is 2. The summed E-state index contributed by atoms with van der Waals surface area (Å²) in [5.41, 5.74) is 9.20. The van der Waals surface area contributed by atoms with Gasteiger partial charge in [-0.1, -0.05) is 51.5 Å². The number of benzene rings is 1. The second-order valence-electron chi connectivity index (χ2n) is 6.84. The second-order valence-corrected chi connectivity index (χ2v) is 6.84. The molecule has 0 amide bonds. The minimum absolute atomic E-state index is 0.145. The molecule has 1 aliphatic heterocycles. The molecule has 1 saturated heterocycles. The topological polar surface area (TPSA) is 29.3 Å². The fourth-order valence-corrected chi connectivity index (χ4v) is 2.76. The molecule has 19 heavy (non-hydrogen) atoms. The second kappa shape index (κ2) is 6.06. The monoisotopic (exact) mass is 260 g/mol. The Labute approximate surface area is 118 Å². The molecule has 1 atom stereocenters. The van der Waals surface area contributed by atoms with E-state index in [0.717, 1.165) is 6.54 Å². The smallest absolute Gasteiger partial charge is 0.0424 e. The van der Waals surface area contributed by atoms with Crippen molar-refractivity contribution in [3.8, 4) is 0 Å². The number of nitrogens with two attached hydrogens (primary N) is 1. The highest BCUT2D eigenvalue weighted by atomic mass is 15.1. The molecule has 0 aromatic heterocycles. The summed E-state index contributed by atoms with van der Waals surface area (Å²) in [7, 11) is 0. The lowest BCUT2D eigenvalue weighted by Gasteiger charge is -2.29. The van der Waals surface area contributed by atoms with E-state index in [1.807, 2.05) is 0 Å². The highest BCUT2D eigenvalue weighted by Crippen LogP contribution is 2.24. The van der Waals surface area contributed by atoms with Gasteiger partial charge in [-0.3, -0.25) is 0 Å². The number of nitrogens with zero attached hydrogens (tertiary/aromatic N) is 1. The predicted molar refractivity (Wildman–Crippen MR) is 82.4 cm³/mol. The van der Waals surface area contributed by atoms with Gasteiger partial charge in [-0.2, -0.15) is 0 Å². The third-order valence-corrected chi connectivity index (χ3v) is 4.11. The maximum Gasteiger partial charge on any atom is 0.0424 e. The summed E-state index contributed by atoms with van der Waals surface area (Å²) in [5, 5.41) is 0. The molecule has 106 valence electrons. The molecule has 2 rings (SSSR count). The molecular formula is C17H28N2. The molecule has 0 bridgehead atoms. The van der Waals surface area contributed by atoms with Crippen molar-refractivity contribution in [1.82, 2.24) is 4.90 Å². The van der Waals surface area contributed by atoms with Crippen LogP contribution in [-0.4, -0.2) is 24.5 Å². The van der Waals surface area contributed by atoms with Crippen LogP contribution >= 0.6 is 0 Å². The van der Waals surface area contributed by atoms with E-state index in [2.05, 4.69) is 49.9 Å². The Hall–Kier alpha value is -0.860. The lowest BCUT2D eigenvalue weighted by molar-refractivity contribution is 0.216. The van der Waals surface area contributed by atoms with E-state index in [1.54, 1.807) is 0 Å². The molecule has 2 nitrogen and oxygen atoms in total. The van der Waals surface area contributed by atoms with Crippen LogP contribution in [0.1, 0.15) is 57.2 Å². The van der Waals surface area contributed by atoms with Crippen molar-refractivity contribution in [3.05, 3.63) is 35.4 Å². The normalized spacial score (nSPS) is 19.4. The van der Waals surface area contributed by atoms with Crippen molar-refractivity contribution in [2.24, 2.45) is 5.73 Å². The predicted octanol–water partition coefficient (Wildman–Crippen LogP) is 3.47. The minimum atomic E-state index is 0.145. The van der Waals surface area contributed by atoms with Gasteiger partial charge in [0.2, 0.25) is 0 Å². The Bertz CT molecular complexity index is 383. The maximum absolute atomic E-state index is 6.34. The first-order valence-corrected chi connectivity index (χ1v) is 7.55. The Balaban J connectivity index is 1.97. The van der Waals surface area contributed by atoms with Crippen molar-refractivity contribution < 1.29 is 0 Å². The highest BCUT2D eigenvalue weighted by molar-refractivity contribution is 5.29. The van der Waals surface area contributed by atoms with Gasteiger partial charge in [0.25, 0.3) is 0 Å². The summed E-state index contributed by atoms with van der Waals surface area (Å²) >= 11 is 0. The Morgan fingerprint density at radius 1 is 1.05 bits per heavy atom. The number of hydrogen-bond donors (Lipinski definition) is 1.